The second-order valence-corrected chi connectivity index (χ2v) is 8.57. The minimum atomic E-state index is -0.585. The summed E-state index contributed by atoms with van der Waals surface area (Å²) in [6, 6.07) is 22.0. The number of hydrogen-bond acceptors (Lipinski definition) is 2. The predicted octanol–water partition coefficient (Wildman–Crippen LogP) is 5.38. The van der Waals surface area contributed by atoms with Gasteiger partial charge >= 0.3 is 0 Å². The predicted molar refractivity (Wildman–Crippen MR) is 127 cm³/mol. The first-order valence-electron chi connectivity index (χ1n) is 10.4. The Bertz CT molecular complexity index is 1360. The number of amides is 2. The van der Waals surface area contributed by atoms with Crippen LogP contribution in [0.25, 0.3) is 10.9 Å². The summed E-state index contributed by atoms with van der Waals surface area (Å²) in [6.45, 7) is 0. The van der Waals surface area contributed by atoms with Crippen LogP contribution in [0.15, 0.2) is 79.0 Å². The summed E-state index contributed by atoms with van der Waals surface area (Å²) in [6.07, 6.45) is 2.02. The Hall–Kier alpha value is -3.57. The molecule has 2 atom stereocenters. The molecule has 1 N–H and O–H groups in total. The van der Waals surface area contributed by atoms with Crippen LogP contribution < -0.4 is 5.32 Å². The van der Waals surface area contributed by atoms with E-state index in [1.807, 2.05) is 60.3 Å². The first-order chi connectivity index (χ1) is 15.5. The lowest BCUT2D eigenvalue weighted by Crippen LogP contribution is -2.44. The molecule has 0 saturated carbocycles. The summed E-state index contributed by atoms with van der Waals surface area (Å²) in [5, 5.41) is 4.59. The molecule has 0 spiro atoms. The summed E-state index contributed by atoms with van der Waals surface area (Å²) in [5.41, 5.74) is 3.90. The molecular weight excluding hydrogens is 422 g/mol. The maximum absolute atomic E-state index is 13.7. The van der Waals surface area contributed by atoms with Gasteiger partial charge in [0.1, 0.15) is 0 Å². The van der Waals surface area contributed by atoms with Crippen LogP contribution in [0.3, 0.4) is 0 Å². The van der Waals surface area contributed by atoms with Crippen LogP contribution in [0, 0.1) is 0 Å². The van der Waals surface area contributed by atoms with Crippen molar-refractivity contribution in [2.75, 3.05) is 12.4 Å². The highest BCUT2D eigenvalue weighted by atomic mass is 35.5. The number of fused-ring (bicyclic) bond motifs is 2. The van der Waals surface area contributed by atoms with E-state index in [0.717, 1.165) is 22.0 Å². The second-order valence-electron chi connectivity index (χ2n) is 8.14. The zero-order valence-corrected chi connectivity index (χ0v) is 18.5. The van der Waals surface area contributed by atoms with Crippen LogP contribution in [-0.2, 0) is 11.8 Å². The zero-order valence-electron chi connectivity index (χ0n) is 17.7. The third-order valence-corrected chi connectivity index (χ3v) is 6.44. The van der Waals surface area contributed by atoms with Gasteiger partial charge in [0.2, 0.25) is 5.91 Å². The molecule has 0 bridgehead atoms. The average molecular weight is 444 g/mol. The Morgan fingerprint density at radius 2 is 1.69 bits per heavy atom. The largest absolute Gasteiger partial charge is 0.350 e. The Morgan fingerprint density at radius 3 is 2.50 bits per heavy atom. The number of anilines is 1. The number of aryl methyl sites for hydroxylation is 1. The molecule has 2 unspecified atom stereocenters. The molecule has 1 aliphatic rings. The molecular formula is C26H22ClN3O2. The number of carbonyl (C=O) groups excluding carboxylic acids is 2. The zero-order chi connectivity index (χ0) is 22.4. The molecule has 5 rings (SSSR count). The number of carbonyl (C=O) groups is 2. The van der Waals surface area contributed by atoms with E-state index < -0.39 is 12.0 Å². The number of rotatable bonds is 3. The molecule has 1 aliphatic heterocycles. The lowest BCUT2D eigenvalue weighted by Gasteiger charge is -2.39. The van der Waals surface area contributed by atoms with Gasteiger partial charge in [-0.3, -0.25) is 9.59 Å². The van der Waals surface area contributed by atoms with Crippen molar-refractivity contribution in [2.45, 2.75) is 12.0 Å². The topological polar surface area (TPSA) is 54.3 Å². The van der Waals surface area contributed by atoms with Gasteiger partial charge in [-0.25, -0.2) is 0 Å². The first kappa shape index (κ1) is 20.3. The molecule has 0 saturated heterocycles. The van der Waals surface area contributed by atoms with Crippen molar-refractivity contribution in [1.82, 2.24) is 9.47 Å². The molecule has 0 radical (unpaired) electrons. The van der Waals surface area contributed by atoms with Crippen molar-refractivity contribution in [2.24, 2.45) is 7.05 Å². The van der Waals surface area contributed by atoms with E-state index in [2.05, 4.69) is 5.32 Å². The Kier molecular flexibility index (Phi) is 4.98. The summed E-state index contributed by atoms with van der Waals surface area (Å²) >= 11 is 6.12. The van der Waals surface area contributed by atoms with Gasteiger partial charge in [0, 0.05) is 53.0 Å². The van der Waals surface area contributed by atoms with Crippen LogP contribution >= 0.6 is 11.6 Å². The monoisotopic (exact) mass is 443 g/mol. The molecule has 2 heterocycles. The summed E-state index contributed by atoms with van der Waals surface area (Å²) in [4.78, 5) is 28.7. The molecule has 32 heavy (non-hydrogen) atoms. The van der Waals surface area contributed by atoms with Crippen LogP contribution in [-0.4, -0.2) is 28.3 Å². The van der Waals surface area contributed by atoms with Crippen LogP contribution in [0.2, 0.25) is 5.02 Å². The highest BCUT2D eigenvalue weighted by molar-refractivity contribution is 6.30. The fourth-order valence-electron chi connectivity index (χ4n) is 4.74. The van der Waals surface area contributed by atoms with Crippen molar-refractivity contribution in [1.29, 1.82) is 0 Å². The van der Waals surface area contributed by atoms with E-state index >= 15 is 0 Å². The lowest BCUT2D eigenvalue weighted by molar-refractivity contribution is -0.119. The van der Waals surface area contributed by atoms with Gasteiger partial charge in [-0.2, -0.15) is 0 Å². The number of halogens is 1. The summed E-state index contributed by atoms with van der Waals surface area (Å²) < 4.78 is 2.04. The SMILES string of the molecule is CN1C(=O)c2ccccc2C(C(=O)Nc2cccc(Cl)c2)C1c1cn(C)c2ccccc12. The second kappa shape index (κ2) is 7.84. The standard InChI is InChI=1S/C26H22ClN3O2/c1-29-15-21(18-10-5-6-13-22(18)29)24-23(25(31)28-17-9-7-8-16(27)14-17)19-11-3-4-12-20(19)26(32)30(24)2/h3-15,23-24H,1-2H3,(H,28,31). The molecule has 4 aromatic rings. The third-order valence-electron chi connectivity index (χ3n) is 6.20. The number of nitrogens with zero attached hydrogens (tertiary/aromatic N) is 2. The number of aromatic nitrogens is 1. The van der Waals surface area contributed by atoms with Crippen molar-refractivity contribution in [3.63, 3.8) is 0 Å². The molecule has 0 fully saturated rings. The minimum Gasteiger partial charge on any atom is -0.350 e. The van der Waals surface area contributed by atoms with E-state index in [-0.39, 0.29) is 11.8 Å². The number of likely N-dealkylation sites (N-methyl/N-ethyl adjacent to an activating group) is 1. The summed E-state index contributed by atoms with van der Waals surface area (Å²) in [7, 11) is 3.75. The number of para-hydroxylation sites is 1. The van der Waals surface area contributed by atoms with E-state index in [1.165, 1.54) is 0 Å². The molecule has 2 amide bonds. The molecule has 1 aromatic heterocycles. The van der Waals surface area contributed by atoms with Crippen molar-refractivity contribution < 1.29 is 9.59 Å². The van der Waals surface area contributed by atoms with Crippen molar-refractivity contribution in [3.05, 3.63) is 101 Å². The quantitative estimate of drug-likeness (QED) is 0.462. The van der Waals surface area contributed by atoms with Gasteiger partial charge in [-0.1, -0.05) is 54.1 Å². The van der Waals surface area contributed by atoms with Gasteiger partial charge in [-0.15, -0.1) is 0 Å². The Labute approximate surface area is 191 Å². The molecule has 3 aromatic carbocycles. The molecule has 6 heteroatoms. The van der Waals surface area contributed by atoms with Crippen molar-refractivity contribution in [3.8, 4) is 0 Å². The van der Waals surface area contributed by atoms with Crippen molar-refractivity contribution >= 4 is 40.0 Å². The fourth-order valence-corrected chi connectivity index (χ4v) is 4.93. The fraction of sp³-hybridized carbons (Fsp3) is 0.154. The third kappa shape index (κ3) is 3.26. The van der Waals surface area contributed by atoms with Gasteiger partial charge < -0.3 is 14.8 Å². The van der Waals surface area contributed by atoms with Crippen LogP contribution in [0.1, 0.15) is 33.4 Å². The van der Waals surface area contributed by atoms with Crippen LogP contribution in [0.4, 0.5) is 5.69 Å². The number of nitrogens with one attached hydrogen (secondary N) is 1. The molecule has 5 nitrogen and oxygen atoms in total. The van der Waals surface area contributed by atoms with Gasteiger partial charge in [0.05, 0.1) is 12.0 Å². The normalized spacial score (nSPS) is 18.0. The summed E-state index contributed by atoms with van der Waals surface area (Å²) in [5.74, 6) is -0.860. The first-order valence-corrected chi connectivity index (χ1v) is 10.8. The van der Waals surface area contributed by atoms with Crippen LogP contribution in [0.5, 0.6) is 0 Å². The molecule has 0 aliphatic carbocycles. The smallest absolute Gasteiger partial charge is 0.254 e. The number of hydrogen-bond donors (Lipinski definition) is 1. The van der Waals surface area contributed by atoms with E-state index in [1.54, 1.807) is 42.3 Å². The van der Waals surface area contributed by atoms with Gasteiger partial charge in [0.15, 0.2) is 0 Å². The number of benzene rings is 3. The highest BCUT2D eigenvalue weighted by Crippen LogP contribution is 2.44. The maximum atomic E-state index is 13.7. The van der Waals surface area contributed by atoms with Gasteiger partial charge in [-0.05, 0) is 35.9 Å². The Balaban J connectivity index is 1.68. The minimum absolute atomic E-state index is 0.0923. The molecule has 160 valence electrons. The van der Waals surface area contributed by atoms with E-state index in [4.69, 9.17) is 11.6 Å². The average Bonchev–Trinajstić information content (AvgIpc) is 3.12. The van der Waals surface area contributed by atoms with E-state index in [0.29, 0.717) is 16.3 Å². The van der Waals surface area contributed by atoms with E-state index in [9.17, 15) is 9.59 Å². The maximum Gasteiger partial charge on any atom is 0.254 e. The van der Waals surface area contributed by atoms with Gasteiger partial charge in [0.25, 0.3) is 5.91 Å². The highest BCUT2D eigenvalue weighted by Gasteiger charge is 2.43. The Morgan fingerprint density at radius 1 is 0.938 bits per heavy atom. The lowest BCUT2D eigenvalue weighted by atomic mass is 9.79.